The molecule has 3 aromatic carbocycles. The fraction of sp³-hybridized carbons (Fsp3) is 0.167. The van der Waals surface area contributed by atoms with Crippen LogP contribution in [0, 0.1) is 0 Å². The summed E-state index contributed by atoms with van der Waals surface area (Å²) in [4.78, 5) is 31.8. The van der Waals surface area contributed by atoms with Crippen molar-refractivity contribution in [2.24, 2.45) is 4.99 Å². The molecule has 0 N–H and O–H groups in total. The van der Waals surface area contributed by atoms with E-state index in [2.05, 4.69) is 4.99 Å². The molecule has 4 aromatic rings. The molecule has 0 radical (unpaired) electrons. The lowest BCUT2D eigenvalue weighted by Crippen LogP contribution is -2.40. The number of benzene rings is 3. The first-order valence-electron chi connectivity index (χ1n) is 12.2. The summed E-state index contributed by atoms with van der Waals surface area (Å²) in [5.74, 6) is -0.136. The van der Waals surface area contributed by atoms with E-state index in [1.54, 1.807) is 22.8 Å². The van der Waals surface area contributed by atoms with Crippen molar-refractivity contribution >= 4 is 46.6 Å². The van der Waals surface area contributed by atoms with Gasteiger partial charge in [-0.2, -0.15) is 0 Å². The van der Waals surface area contributed by atoms with Gasteiger partial charge in [0.25, 0.3) is 5.56 Å². The van der Waals surface area contributed by atoms with E-state index in [9.17, 15) is 9.59 Å². The highest BCUT2D eigenvalue weighted by atomic mass is 35.5. The largest absolute Gasteiger partial charge is 0.486 e. The standard InChI is InChI=1S/C30H24Cl2N2O4S/c1-3-23-25(29(36)37-2)26(20-12-8-5-9-13-20)34-28(35)24(39-30(34)33-23)16-19-14-21(31)27(22(32)15-19)38-17-18-10-6-4-7-11-18/h4-16,26H,3,17H2,1-2H3/b24-16-/t26-/m0/s1. The Labute approximate surface area is 239 Å². The topological polar surface area (TPSA) is 69.9 Å². The quantitative estimate of drug-likeness (QED) is 0.264. The van der Waals surface area contributed by atoms with Crippen LogP contribution in [0.5, 0.6) is 5.75 Å². The lowest BCUT2D eigenvalue weighted by molar-refractivity contribution is -0.136. The molecule has 5 rings (SSSR count). The molecule has 0 saturated heterocycles. The van der Waals surface area contributed by atoms with Crippen molar-refractivity contribution in [2.45, 2.75) is 26.0 Å². The highest BCUT2D eigenvalue weighted by Crippen LogP contribution is 2.35. The van der Waals surface area contributed by atoms with Gasteiger partial charge in [-0.3, -0.25) is 9.36 Å². The van der Waals surface area contributed by atoms with Crippen LogP contribution in [0.2, 0.25) is 10.0 Å². The van der Waals surface area contributed by atoms with Crippen LogP contribution in [0.1, 0.15) is 36.1 Å². The van der Waals surface area contributed by atoms with Crippen molar-refractivity contribution in [3.05, 3.63) is 130 Å². The maximum atomic E-state index is 13.8. The van der Waals surface area contributed by atoms with Crippen molar-refractivity contribution in [3.63, 3.8) is 0 Å². The molecule has 0 unspecified atom stereocenters. The van der Waals surface area contributed by atoms with Gasteiger partial charge in [0.15, 0.2) is 10.6 Å². The van der Waals surface area contributed by atoms with Crippen LogP contribution in [0.15, 0.2) is 93.9 Å². The lowest BCUT2D eigenvalue weighted by atomic mass is 9.95. The zero-order chi connectivity index (χ0) is 27.5. The molecule has 9 heteroatoms. The van der Waals surface area contributed by atoms with Gasteiger partial charge in [-0.15, -0.1) is 0 Å². The van der Waals surface area contributed by atoms with Crippen molar-refractivity contribution < 1.29 is 14.3 Å². The third kappa shape index (κ3) is 5.43. The molecule has 1 aliphatic rings. The number of hydrogen-bond acceptors (Lipinski definition) is 6. The number of aromatic nitrogens is 1. The van der Waals surface area contributed by atoms with Crippen LogP contribution in [0.4, 0.5) is 0 Å². The Morgan fingerprint density at radius 2 is 1.69 bits per heavy atom. The fourth-order valence-corrected chi connectivity index (χ4v) is 6.13. The Kier molecular flexibility index (Phi) is 8.02. The highest BCUT2D eigenvalue weighted by molar-refractivity contribution is 7.07. The number of allylic oxidation sites excluding steroid dienone is 1. The molecular formula is C30H24Cl2N2O4S. The minimum absolute atomic E-state index is 0.277. The smallest absolute Gasteiger partial charge is 0.338 e. The second kappa shape index (κ2) is 11.6. The van der Waals surface area contributed by atoms with E-state index < -0.39 is 12.0 Å². The summed E-state index contributed by atoms with van der Waals surface area (Å²) in [6, 6.07) is 21.9. The third-order valence-corrected chi connectivity index (χ3v) is 7.85. The predicted octanol–water partition coefficient (Wildman–Crippen LogP) is 5.68. The van der Waals surface area contributed by atoms with E-state index in [1.807, 2.05) is 67.6 Å². The number of rotatable bonds is 7. The van der Waals surface area contributed by atoms with Gasteiger partial charge in [0.2, 0.25) is 0 Å². The monoisotopic (exact) mass is 578 g/mol. The second-order valence-corrected chi connectivity index (χ2v) is 10.6. The van der Waals surface area contributed by atoms with Gasteiger partial charge in [0, 0.05) is 0 Å². The van der Waals surface area contributed by atoms with Crippen molar-refractivity contribution in [2.75, 3.05) is 7.11 Å². The molecular weight excluding hydrogens is 555 g/mol. The number of nitrogens with zero attached hydrogens (tertiary/aromatic N) is 2. The number of carbonyl (C=O) groups is 1. The van der Waals surface area contributed by atoms with Gasteiger partial charge >= 0.3 is 5.97 Å². The molecule has 1 aromatic heterocycles. The molecule has 1 atom stereocenters. The van der Waals surface area contributed by atoms with Crippen molar-refractivity contribution in [1.82, 2.24) is 4.57 Å². The van der Waals surface area contributed by atoms with Crippen LogP contribution in [0.25, 0.3) is 6.08 Å². The molecule has 0 spiro atoms. The van der Waals surface area contributed by atoms with Crippen LogP contribution < -0.4 is 19.6 Å². The van der Waals surface area contributed by atoms with Gasteiger partial charge in [0.05, 0.1) is 39.0 Å². The SMILES string of the molecule is CCC1=C(C(=O)OC)[C@H](c2ccccc2)n2c(s/c(=C\c3cc(Cl)c(OCc4ccccc4)c(Cl)c3)c2=O)=N1. The number of hydrogen-bond donors (Lipinski definition) is 0. The molecule has 198 valence electrons. The minimum Gasteiger partial charge on any atom is -0.486 e. The molecule has 0 bridgehead atoms. The second-order valence-electron chi connectivity index (χ2n) is 8.79. The number of methoxy groups -OCH3 is 1. The first-order chi connectivity index (χ1) is 18.9. The Morgan fingerprint density at radius 1 is 1.05 bits per heavy atom. The van der Waals surface area contributed by atoms with Gasteiger partial charge in [-0.05, 0) is 41.3 Å². The number of fused-ring (bicyclic) bond motifs is 1. The molecule has 6 nitrogen and oxygen atoms in total. The van der Waals surface area contributed by atoms with E-state index >= 15 is 0 Å². The van der Waals surface area contributed by atoms with Crippen LogP contribution in [0.3, 0.4) is 0 Å². The van der Waals surface area contributed by atoms with Crippen LogP contribution in [-0.4, -0.2) is 17.6 Å². The number of thiazole rings is 1. The number of ether oxygens (including phenoxy) is 2. The molecule has 0 aliphatic carbocycles. The Hall–Kier alpha value is -3.65. The minimum atomic E-state index is -0.659. The summed E-state index contributed by atoms with van der Waals surface area (Å²) < 4.78 is 13.0. The first kappa shape index (κ1) is 26.9. The molecule has 1 aliphatic heterocycles. The maximum Gasteiger partial charge on any atom is 0.338 e. The summed E-state index contributed by atoms with van der Waals surface area (Å²) in [6.07, 6.45) is 2.23. The molecule has 0 amide bonds. The number of halogens is 2. The fourth-order valence-electron chi connectivity index (χ4n) is 4.50. The van der Waals surface area contributed by atoms with E-state index in [-0.39, 0.29) is 5.56 Å². The van der Waals surface area contributed by atoms with E-state index in [0.29, 0.717) is 55.0 Å². The zero-order valence-corrected chi connectivity index (χ0v) is 23.5. The summed E-state index contributed by atoms with van der Waals surface area (Å²) in [5.41, 5.74) is 3.09. The molecule has 39 heavy (non-hydrogen) atoms. The summed E-state index contributed by atoms with van der Waals surface area (Å²) in [5, 5.41) is 0.668. The van der Waals surface area contributed by atoms with Gasteiger partial charge in [0.1, 0.15) is 6.61 Å². The first-order valence-corrected chi connectivity index (χ1v) is 13.8. The maximum absolute atomic E-state index is 13.8. The summed E-state index contributed by atoms with van der Waals surface area (Å²) >= 11 is 14.3. The Balaban J connectivity index is 1.58. The van der Waals surface area contributed by atoms with Gasteiger partial charge < -0.3 is 9.47 Å². The Morgan fingerprint density at radius 3 is 2.31 bits per heavy atom. The van der Waals surface area contributed by atoms with Crippen LogP contribution >= 0.6 is 34.5 Å². The molecule has 0 saturated carbocycles. The molecule has 2 heterocycles. The normalized spacial score (nSPS) is 15.1. The van der Waals surface area contributed by atoms with Crippen molar-refractivity contribution in [3.8, 4) is 5.75 Å². The van der Waals surface area contributed by atoms with Gasteiger partial charge in [-0.1, -0.05) is 102 Å². The average Bonchev–Trinajstić information content (AvgIpc) is 3.26. The third-order valence-electron chi connectivity index (χ3n) is 6.31. The zero-order valence-electron chi connectivity index (χ0n) is 21.2. The van der Waals surface area contributed by atoms with E-state index in [4.69, 9.17) is 32.7 Å². The van der Waals surface area contributed by atoms with E-state index in [1.165, 1.54) is 18.4 Å². The van der Waals surface area contributed by atoms with Crippen molar-refractivity contribution in [1.29, 1.82) is 0 Å². The van der Waals surface area contributed by atoms with Crippen LogP contribution in [-0.2, 0) is 16.1 Å². The summed E-state index contributed by atoms with van der Waals surface area (Å²) in [6.45, 7) is 2.24. The average molecular weight is 580 g/mol. The lowest BCUT2D eigenvalue weighted by Gasteiger charge is -2.25. The van der Waals surface area contributed by atoms with Gasteiger partial charge in [-0.25, -0.2) is 9.79 Å². The summed E-state index contributed by atoms with van der Waals surface area (Å²) in [7, 11) is 1.33. The van der Waals surface area contributed by atoms with E-state index in [0.717, 1.165) is 11.1 Å². The number of esters is 1. The molecule has 0 fully saturated rings. The highest BCUT2D eigenvalue weighted by Gasteiger charge is 2.33. The predicted molar refractivity (Wildman–Crippen MR) is 154 cm³/mol. The number of carbonyl (C=O) groups excluding carboxylic acids is 1. The Bertz CT molecular complexity index is 1720.